The summed E-state index contributed by atoms with van der Waals surface area (Å²) in [5.74, 6) is -1.18. The van der Waals surface area contributed by atoms with Gasteiger partial charge in [-0.25, -0.2) is 9.59 Å². The third-order valence-corrected chi connectivity index (χ3v) is 6.78. The molecule has 0 amide bonds. The number of carbonyl (C=O) groups excluding carboxylic acids is 3. The van der Waals surface area contributed by atoms with E-state index in [0.29, 0.717) is 23.4 Å². The number of para-hydroxylation sites is 1. The zero-order valence-electron chi connectivity index (χ0n) is 22.6. The van der Waals surface area contributed by atoms with Crippen molar-refractivity contribution in [3.63, 3.8) is 0 Å². The van der Waals surface area contributed by atoms with Gasteiger partial charge in [0.05, 0.1) is 17.7 Å². The second kappa shape index (κ2) is 16.4. The summed E-state index contributed by atoms with van der Waals surface area (Å²) in [5, 5.41) is 2.93. The van der Waals surface area contributed by atoms with E-state index in [9.17, 15) is 14.4 Å². The molecule has 0 spiro atoms. The minimum absolute atomic E-state index is 0.0787. The maximum absolute atomic E-state index is 12.6. The number of hydrogen-bond donors (Lipinski definition) is 1. The fourth-order valence-electron chi connectivity index (χ4n) is 4.49. The van der Waals surface area contributed by atoms with Crippen molar-refractivity contribution < 1.29 is 23.9 Å². The first-order chi connectivity index (χ1) is 18.6. The highest BCUT2D eigenvalue weighted by Crippen LogP contribution is 2.27. The molecule has 6 nitrogen and oxygen atoms in total. The van der Waals surface area contributed by atoms with Gasteiger partial charge in [0.25, 0.3) is 0 Å². The molecule has 0 saturated carbocycles. The molecule has 2 aromatic rings. The van der Waals surface area contributed by atoms with Crippen LogP contribution in [0.4, 0.5) is 5.69 Å². The van der Waals surface area contributed by atoms with E-state index < -0.39 is 11.8 Å². The number of fused-ring (bicyclic) bond motifs is 1. The number of nitrogens with one attached hydrogen (secondary N) is 1. The van der Waals surface area contributed by atoms with Gasteiger partial charge in [-0.15, -0.1) is 0 Å². The fraction of sp³-hybridized carbons (Fsp3) is 0.469. The lowest BCUT2D eigenvalue weighted by molar-refractivity contribution is -0.130. The van der Waals surface area contributed by atoms with Gasteiger partial charge in [-0.2, -0.15) is 0 Å². The van der Waals surface area contributed by atoms with Gasteiger partial charge < -0.3 is 14.8 Å². The lowest BCUT2D eigenvalue weighted by Crippen LogP contribution is -2.25. The van der Waals surface area contributed by atoms with Gasteiger partial charge in [-0.1, -0.05) is 96.1 Å². The van der Waals surface area contributed by atoms with Crippen molar-refractivity contribution in [2.24, 2.45) is 0 Å². The van der Waals surface area contributed by atoms with Crippen LogP contribution in [0.25, 0.3) is 0 Å². The second-order valence-electron chi connectivity index (χ2n) is 9.87. The standard InChI is InChI=1S/C32H41NO5/c1-2-3-4-5-6-7-8-9-10-11-12-13-16-23-37-31(35)25-19-21-26(22-20-25)33-24-28-30(34)27-17-14-15-18-29(27)38-32(28)36/h14-15,17-22,24,33H,2-13,16,23H2,1H3. The molecule has 0 fully saturated rings. The normalized spacial score (nSPS) is 13.8. The Morgan fingerprint density at radius 1 is 0.789 bits per heavy atom. The number of esters is 2. The maximum Gasteiger partial charge on any atom is 0.349 e. The number of ketones is 1. The topological polar surface area (TPSA) is 81.7 Å². The molecule has 0 aromatic heterocycles. The summed E-state index contributed by atoms with van der Waals surface area (Å²) in [7, 11) is 0. The van der Waals surface area contributed by atoms with Crippen LogP contribution in [-0.2, 0) is 9.53 Å². The smallest absolute Gasteiger partial charge is 0.349 e. The van der Waals surface area contributed by atoms with Gasteiger partial charge >= 0.3 is 11.9 Å². The van der Waals surface area contributed by atoms with Crippen LogP contribution in [0.15, 0.2) is 60.3 Å². The Balaban J connectivity index is 1.28. The highest BCUT2D eigenvalue weighted by molar-refractivity contribution is 6.27. The van der Waals surface area contributed by atoms with Crippen LogP contribution >= 0.6 is 0 Å². The molecule has 2 aromatic carbocycles. The summed E-state index contributed by atoms with van der Waals surface area (Å²) in [6, 6.07) is 13.3. The summed E-state index contributed by atoms with van der Waals surface area (Å²) < 4.78 is 10.6. The Kier molecular flexibility index (Phi) is 12.6. The van der Waals surface area contributed by atoms with Crippen molar-refractivity contribution in [3.8, 4) is 5.75 Å². The Morgan fingerprint density at radius 3 is 2.00 bits per heavy atom. The molecular formula is C32H41NO5. The number of ether oxygens (including phenoxy) is 2. The Hall–Kier alpha value is -3.41. The molecule has 0 radical (unpaired) electrons. The van der Waals surface area contributed by atoms with E-state index in [1.165, 1.54) is 76.8 Å². The van der Waals surface area contributed by atoms with Gasteiger partial charge in [0.1, 0.15) is 11.3 Å². The van der Waals surface area contributed by atoms with E-state index in [1.807, 2.05) is 0 Å². The van der Waals surface area contributed by atoms with E-state index >= 15 is 0 Å². The molecule has 0 unspecified atom stereocenters. The molecule has 1 aliphatic heterocycles. The van der Waals surface area contributed by atoms with Gasteiger partial charge in [0.15, 0.2) is 0 Å². The summed E-state index contributed by atoms with van der Waals surface area (Å²) in [6.07, 6.45) is 17.9. The third-order valence-electron chi connectivity index (χ3n) is 6.78. The van der Waals surface area contributed by atoms with Crippen molar-refractivity contribution in [2.45, 2.75) is 90.4 Å². The molecule has 6 heteroatoms. The van der Waals surface area contributed by atoms with E-state index in [4.69, 9.17) is 9.47 Å². The van der Waals surface area contributed by atoms with E-state index in [1.54, 1.807) is 48.5 Å². The van der Waals surface area contributed by atoms with Gasteiger partial charge in [-0.05, 0) is 42.8 Å². The molecular weight excluding hydrogens is 478 g/mol. The van der Waals surface area contributed by atoms with Crippen LogP contribution in [0.3, 0.4) is 0 Å². The largest absolute Gasteiger partial charge is 0.462 e. The minimum Gasteiger partial charge on any atom is -0.462 e. The quantitative estimate of drug-likeness (QED) is 0.0749. The predicted octanol–water partition coefficient (Wildman–Crippen LogP) is 8.03. The number of hydrogen-bond acceptors (Lipinski definition) is 6. The highest BCUT2D eigenvalue weighted by atomic mass is 16.5. The summed E-state index contributed by atoms with van der Waals surface area (Å²) >= 11 is 0. The predicted molar refractivity (Wildman–Crippen MR) is 151 cm³/mol. The summed E-state index contributed by atoms with van der Waals surface area (Å²) in [4.78, 5) is 37.1. The molecule has 38 heavy (non-hydrogen) atoms. The van der Waals surface area contributed by atoms with E-state index in [-0.39, 0.29) is 17.3 Å². The van der Waals surface area contributed by atoms with Crippen molar-refractivity contribution in [1.82, 2.24) is 0 Å². The third kappa shape index (κ3) is 9.47. The van der Waals surface area contributed by atoms with Crippen LogP contribution in [0.1, 0.15) is 111 Å². The van der Waals surface area contributed by atoms with Crippen LogP contribution in [0.2, 0.25) is 0 Å². The first-order valence-electron chi connectivity index (χ1n) is 14.2. The Bertz CT molecular complexity index is 1070. The van der Waals surface area contributed by atoms with Gasteiger partial charge in [0, 0.05) is 11.9 Å². The lowest BCUT2D eigenvalue weighted by Gasteiger charge is -2.16. The van der Waals surface area contributed by atoms with Crippen molar-refractivity contribution in [1.29, 1.82) is 0 Å². The van der Waals surface area contributed by atoms with Crippen molar-refractivity contribution in [2.75, 3.05) is 11.9 Å². The first kappa shape index (κ1) is 29.2. The van der Waals surface area contributed by atoms with Crippen molar-refractivity contribution >= 4 is 23.4 Å². The van der Waals surface area contributed by atoms with Crippen LogP contribution < -0.4 is 10.1 Å². The molecule has 0 bridgehead atoms. The molecule has 3 rings (SSSR count). The van der Waals surface area contributed by atoms with Crippen molar-refractivity contribution in [3.05, 3.63) is 71.4 Å². The van der Waals surface area contributed by atoms with Gasteiger partial charge in [0.2, 0.25) is 5.78 Å². The number of rotatable bonds is 17. The summed E-state index contributed by atoms with van der Waals surface area (Å²) in [5.41, 5.74) is 1.36. The monoisotopic (exact) mass is 519 g/mol. The number of Topliss-reactive ketones (excluding diaryl/α,β-unsaturated/α-hetero) is 1. The summed E-state index contributed by atoms with van der Waals surface area (Å²) in [6.45, 7) is 2.68. The molecule has 1 heterocycles. The van der Waals surface area contributed by atoms with Crippen LogP contribution in [-0.4, -0.2) is 24.3 Å². The number of anilines is 1. The number of benzene rings is 2. The van der Waals surface area contributed by atoms with E-state index in [0.717, 1.165) is 12.8 Å². The molecule has 1 N–H and O–H groups in total. The SMILES string of the molecule is CCCCCCCCCCCCCCCOC(=O)c1ccc(NC=C2C(=O)Oc3ccccc3C2=O)cc1. The lowest BCUT2D eigenvalue weighted by atomic mass is 10.0. The fourth-order valence-corrected chi connectivity index (χ4v) is 4.49. The average molecular weight is 520 g/mol. The number of unbranched alkanes of at least 4 members (excludes halogenated alkanes) is 12. The average Bonchev–Trinajstić information content (AvgIpc) is 2.93. The highest BCUT2D eigenvalue weighted by Gasteiger charge is 2.30. The Morgan fingerprint density at radius 2 is 1.37 bits per heavy atom. The van der Waals surface area contributed by atoms with Crippen LogP contribution in [0, 0.1) is 0 Å². The molecule has 0 saturated heterocycles. The van der Waals surface area contributed by atoms with E-state index in [2.05, 4.69) is 12.2 Å². The van der Waals surface area contributed by atoms with Gasteiger partial charge in [-0.3, -0.25) is 4.79 Å². The zero-order chi connectivity index (χ0) is 27.0. The molecule has 0 atom stereocenters. The maximum atomic E-state index is 12.6. The Labute approximate surface area is 226 Å². The molecule has 1 aliphatic rings. The number of carbonyl (C=O) groups is 3. The minimum atomic E-state index is -0.699. The zero-order valence-corrected chi connectivity index (χ0v) is 22.6. The molecule has 0 aliphatic carbocycles. The van der Waals surface area contributed by atoms with Crippen LogP contribution in [0.5, 0.6) is 5.75 Å². The molecule has 204 valence electrons. The second-order valence-corrected chi connectivity index (χ2v) is 9.87. The first-order valence-corrected chi connectivity index (χ1v) is 14.2.